The molecule has 0 aliphatic carbocycles. The average molecular weight is 436 g/mol. The summed E-state index contributed by atoms with van der Waals surface area (Å²) in [4.78, 5) is 27.4. The fraction of sp³-hybridized carbons (Fsp3) is 0.0833. The van der Waals surface area contributed by atoms with E-state index in [1.165, 1.54) is 24.1 Å². The number of anilines is 1. The number of ketones is 1. The monoisotopic (exact) mass is 435 g/mol. The first-order chi connectivity index (χ1) is 14.9. The lowest BCUT2D eigenvalue weighted by atomic mass is 9.95. The fourth-order valence-electron chi connectivity index (χ4n) is 3.63. The molecule has 31 heavy (non-hydrogen) atoms. The van der Waals surface area contributed by atoms with Gasteiger partial charge in [0.2, 0.25) is 0 Å². The molecular weight excluding hydrogens is 418 g/mol. The standard InChI is InChI=1S/C24H18ClNO5/c1-31-19-13-15(9-12-18(19)27)21-20(22(28)14-7-10-16(25)11-8-14)23(29)24(30)26(21)17-5-3-2-4-6-17/h2-13,21,27-28H,1H3/b22-20-. The first-order valence-corrected chi connectivity index (χ1v) is 9.79. The number of phenols is 1. The highest BCUT2D eigenvalue weighted by Crippen LogP contribution is 2.43. The summed E-state index contributed by atoms with van der Waals surface area (Å²) in [6, 6.07) is 18.6. The molecule has 0 aromatic heterocycles. The largest absolute Gasteiger partial charge is 0.507 e. The van der Waals surface area contributed by atoms with Gasteiger partial charge >= 0.3 is 0 Å². The smallest absolute Gasteiger partial charge is 0.300 e. The number of methoxy groups -OCH3 is 1. The van der Waals surface area contributed by atoms with Crippen molar-refractivity contribution in [3.8, 4) is 11.5 Å². The molecule has 0 bridgehead atoms. The van der Waals surface area contributed by atoms with Gasteiger partial charge in [0, 0.05) is 16.3 Å². The molecule has 1 aliphatic heterocycles. The third-order valence-electron chi connectivity index (χ3n) is 5.12. The molecule has 2 N–H and O–H groups in total. The SMILES string of the molecule is COc1cc(C2/C(=C(/O)c3ccc(Cl)cc3)C(=O)C(=O)N2c2ccccc2)ccc1O. The first kappa shape index (κ1) is 20.5. The number of rotatable bonds is 4. The van der Waals surface area contributed by atoms with Gasteiger partial charge in [-0.1, -0.05) is 35.9 Å². The van der Waals surface area contributed by atoms with Gasteiger partial charge < -0.3 is 14.9 Å². The van der Waals surface area contributed by atoms with E-state index in [1.54, 1.807) is 60.7 Å². The van der Waals surface area contributed by atoms with Gasteiger partial charge in [0.15, 0.2) is 11.5 Å². The van der Waals surface area contributed by atoms with Gasteiger partial charge in [0.25, 0.3) is 11.7 Å². The van der Waals surface area contributed by atoms with Crippen molar-refractivity contribution in [3.05, 3.63) is 94.5 Å². The third-order valence-corrected chi connectivity index (χ3v) is 5.37. The lowest BCUT2D eigenvalue weighted by Gasteiger charge is -2.25. The number of carbonyl (C=O) groups excluding carboxylic acids is 2. The second-order valence-corrected chi connectivity index (χ2v) is 7.38. The van der Waals surface area contributed by atoms with Gasteiger partial charge in [-0.2, -0.15) is 0 Å². The van der Waals surface area contributed by atoms with E-state index in [0.29, 0.717) is 21.8 Å². The van der Waals surface area contributed by atoms with Crippen molar-refractivity contribution in [1.82, 2.24) is 0 Å². The Morgan fingerprint density at radius 1 is 1.00 bits per heavy atom. The highest BCUT2D eigenvalue weighted by atomic mass is 35.5. The van der Waals surface area contributed by atoms with Crippen molar-refractivity contribution in [3.63, 3.8) is 0 Å². The Morgan fingerprint density at radius 2 is 1.68 bits per heavy atom. The Kier molecular flexibility index (Phi) is 5.40. The predicted molar refractivity (Wildman–Crippen MR) is 117 cm³/mol. The van der Waals surface area contributed by atoms with E-state index in [-0.39, 0.29) is 22.8 Å². The molecule has 6 nitrogen and oxygen atoms in total. The number of hydrogen-bond acceptors (Lipinski definition) is 5. The zero-order valence-electron chi connectivity index (χ0n) is 16.4. The Balaban J connectivity index is 1.96. The molecule has 1 unspecified atom stereocenters. The van der Waals surface area contributed by atoms with Crippen LogP contribution in [0.2, 0.25) is 5.02 Å². The van der Waals surface area contributed by atoms with Crippen LogP contribution in [0.5, 0.6) is 11.5 Å². The number of aromatic hydroxyl groups is 1. The number of phenolic OH excluding ortho intramolecular Hbond substituents is 1. The zero-order chi connectivity index (χ0) is 22.1. The number of aliphatic hydroxyl groups excluding tert-OH is 1. The van der Waals surface area contributed by atoms with Crippen LogP contribution in [0.4, 0.5) is 5.69 Å². The van der Waals surface area contributed by atoms with Gasteiger partial charge in [-0.3, -0.25) is 14.5 Å². The van der Waals surface area contributed by atoms with Crippen LogP contribution in [0.3, 0.4) is 0 Å². The summed E-state index contributed by atoms with van der Waals surface area (Å²) >= 11 is 5.94. The van der Waals surface area contributed by atoms with Crippen molar-refractivity contribution in [2.75, 3.05) is 12.0 Å². The summed E-state index contributed by atoms with van der Waals surface area (Å²) in [6.07, 6.45) is 0. The Labute approximate surface area is 183 Å². The molecule has 7 heteroatoms. The lowest BCUT2D eigenvalue weighted by molar-refractivity contribution is -0.132. The van der Waals surface area contributed by atoms with E-state index < -0.39 is 17.7 Å². The van der Waals surface area contributed by atoms with Crippen LogP contribution in [0.1, 0.15) is 17.2 Å². The first-order valence-electron chi connectivity index (χ1n) is 9.41. The zero-order valence-corrected chi connectivity index (χ0v) is 17.2. The maximum atomic E-state index is 13.1. The number of amides is 1. The minimum atomic E-state index is -0.924. The Bertz CT molecular complexity index is 1190. The number of carbonyl (C=O) groups is 2. The van der Waals surface area contributed by atoms with E-state index in [4.69, 9.17) is 16.3 Å². The molecule has 156 valence electrons. The number of halogens is 1. The maximum absolute atomic E-state index is 13.1. The molecule has 1 amide bonds. The summed E-state index contributed by atoms with van der Waals surface area (Å²) in [6.45, 7) is 0. The predicted octanol–water partition coefficient (Wildman–Crippen LogP) is 4.68. The molecule has 4 rings (SSSR count). The second kappa shape index (κ2) is 8.16. The van der Waals surface area contributed by atoms with Gasteiger partial charge in [0.05, 0.1) is 18.7 Å². The Morgan fingerprint density at radius 3 is 2.32 bits per heavy atom. The van der Waals surface area contributed by atoms with Crippen LogP contribution in [-0.2, 0) is 9.59 Å². The summed E-state index contributed by atoms with van der Waals surface area (Å²) in [5, 5.41) is 21.5. The minimum Gasteiger partial charge on any atom is -0.507 e. The normalized spacial score (nSPS) is 17.7. The number of hydrogen-bond donors (Lipinski definition) is 2. The molecule has 0 spiro atoms. The van der Waals surface area contributed by atoms with E-state index in [9.17, 15) is 19.8 Å². The number of aliphatic hydroxyl groups is 1. The van der Waals surface area contributed by atoms with Gasteiger partial charge in [0.1, 0.15) is 5.76 Å². The molecule has 1 aliphatic rings. The summed E-state index contributed by atoms with van der Waals surface area (Å²) in [7, 11) is 1.40. The van der Waals surface area contributed by atoms with Crippen LogP contribution in [0.25, 0.3) is 5.76 Å². The number of benzene rings is 3. The third kappa shape index (κ3) is 3.62. The number of para-hydroxylation sites is 1. The molecule has 0 radical (unpaired) electrons. The number of ether oxygens (including phenoxy) is 1. The van der Waals surface area contributed by atoms with Gasteiger partial charge in [-0.05, 0) is 54.1 Å². The molecule has 1 heterocycles. The average Bonchev–Trinajstić information content (AvgIpc) is 3.05. The van der Waals surface area contributed by atoms with Crippen LogP contribution >= 0.6 is 11.6 Å². The minimum absolute atomic E-state index is 0.0658. The summed E-state index contributed by atoms with van der Waals surface area (Å²) < 4.78 is 5.20. The molecule has 1 saturated heterocycles. The fourth-order valence-corrected chi connectivity index (χ4v) is 3.76. The van der Waals surface area contributed by atoms with Crippen LogP contribution in [0, 0.1) is 0 Å². The molecular formula is C24H18ClNO5. The molecule has 0 saturated carbocycles. The summed E-state index contributed by atoms with van der Waals surface area (Å²) in [5.74, 6) is -1.79. The quantitative estimate of drug-likeness (QED) is 0.353. The second-order valence-electron chi connectivity index (χ2n) is 6.94. The van der Waals surface area contributed by atoms with Crippen molar-refractivity contribution in [2.45, 2.75) is 6.04 Å². The number of nitrogens with zero attached hydrogens (tertiary/aromatic N) is 1. The topological polar surface area (TPSA) is 87.1 Å². The van der Waals surface area contributed by atoms with E-state index >= 15 is 0 Å². The molecule has 3 aromatic carbocycles. The highest BCUT2D eigenvalue weighted by Gasteiger charge is 2.47. The van der Waals surface area contributed by atoms with Crippen molar-refractivity contribution < 1.29 is 24.5 Å². The molecule has 1 fully saturated rings. The van der Waals surface area contributed by atoms with Crippen molar-refractivity contribution >= 4 is 34.7 Å². The Hall–Kier alpha value is -3.77. The van der Waals surface area contributed by atoms with Gasteiger partial charge in [-0.25, -0.2) is 0 Å². The highest BCUT2D eigenvalue weighted by molar-refractivity contribution is 6.51. The molecule has 1 atom stereocenters. The van der Waals surface area contributed by atoms with Crippen molar-refractivity contribution in [2.24, 2.45) is 0 Å². The van der Waals surface area contributed by atoms with Crippen molar-refractivity contribution in [1.29, 1.82) is 0 Å². The van der Waals surface area contributed by atoms with Gasteiger partial charge in [-0.15, -0.1) is 0 Å². The van der Waals surface area contributed by atoms with Crippen LogP contribution in [0.15, 0.2) is 78.4 Å². The lowest BCUT2D eigenvalue weighted by Crippen LogP contribution is -2.29. The number of Topliss-reactive ketones (excluding diaryl/α,β-unsaturated/α-hetero) is 1. The van der Waals surface area contributed by atoms with Crippen LogP contribution < -0.4 is 9.64 Å². The maximum Gasteiger partial charge on any atom is 0.300 e. The van der Waals surface area contributed by atoms with E-state index in [2.05, 4.69) is 0 Å². The summed E-state index contributed by atoms with van der Waals surface area (Å²) in [5.41, 5.74) is 1.28. The molecule has 3 aromatic rings. The van der Waals surface area contributed by atoms with E-state index in [0.717, 1.165) is 0 Å². The van der Waals surface area contributed by atoms with E-state index in [1.807, 2.05) is 0 Å². The van der Waals surface area contributed by atoms with Crippen LogP contribution in [-0.4, -0.2) is 29.0 Å².